The highest BCUT2D eigenvalue weighted by Crippen LogP contribution is 2.26. The van der Waals surface area contributed by atoms with Crippen molar-refractivity contribution in [3.05, 3.63) is 29.8 Å². The minimum atomic E-state index is 0.226. The van der Waals surface area contributed by atoms with Crippen LogP contribution in [0.3, 0.4) is 0 Å². The van der Waals surface area contributed by atoms with Crippen LogP contribution in [0.2, 0.25) is 0 Å². The van der Waals surface area contributed by atoms with Crippen LogP contribution in [-0.4, -0.2) is 39.0 Å². The number of aryl methyl sites for hydroxylation is 1. The number of thioether (sulfide) groups is 1. The lowest BCUT2D eigenvalue weighted by Gasteiger charge is -2.19. The predicted octanol–water partition coefficient (Wildman–Crippen LogP) is 4.01. The number of hydrogen-bond acceptors (Lipinski definition) is 5. The Hall–Kier alpha value is -1.40. The molecule has 1 aliphatic heterocycles. The summed E-state index contributed by atoms with van der Waals surface area (Å²) in [7, 11) is 0. The molecular formula is C17H21N3OS2. The van der Waals surface area contributed by atoms with Crippen molar-refractivity contribution in [2.24, 2.45) is 0 Å². The van der Waals surface area contributed by atoms with Crippen LogP contribution in [0.15, 0.2) is 28.6 Å². The van der Waals surface area contributed by atoms with Gasteiger partial charge in [-0.3, -0.25) is 4.79 Å². The van der Waals surface area contributed by atoms with Gasteiger partial charge < -0.3 is 4.90 Å². The number of likely N-dealkylation sites (tertiary alicyclic amines) is 1. The largest absolute Gasteiger partial charge is 0.342 e. The van der Waals surface area contributed by atoms with E-state index < -0.39 is 0 Å². The smallest absolute Gasteiger partial charge is 0.233 e. The van der Waals surface area contributed by atoms with E-state index in [4.69, 9.17) is 0 Å². The van der Waals surface area contributed by atoms with Gasteiger partial charge in [-0.2, -0.15) is 4.37 Å². The van der Waals surface area contributed by atoms with Gasteiger partial charge >= 0.3 is 0 Å². The van der Waals surface area contributed by atoms with Gasteiger partial charge in [0.25, 0.3) is 0 Å². The Balaban J connectivity index is 1.56. The van der Waals surface area contributed by atoms with Gasteiger partial charge in [0.15, 0.2) is 10.2 Å². The Labute approximate surface area is 145 Å². The summed E-state index contributed by atoms with van der Waals surface area (Å²) in [4.78, 5) is 18.8. The number of amides is 1. The van der Waals surface area contributed by atoms with Gasteiger partial charge in [-0.05, 0) is 31.3 Å². The van der Waals surface area contributed by atoms with Gasteiger partial charge in [0.1, 0.15) is 0 Å². The summed E-state index contributed by atoms with van der Waals surface area (Å²) in [5.74, 6) is 1.44. The van der Waals surface area contributed by atoms with Crippen LogP contribution in [0.1, 0.15) is 31.2 Å². The molecule has 0 radical (unpaired) electrons. The normalized spacial score (nSPS) is 15.4. The molecule has 2 aromatic rings. The van der Waals surface area contributed by atoms with E-state index in [1.165, 1.54) is 41.7 Å². The molecular weight excluding hydrogens is 326 g/mol. The molecule has 23 heavy (non-hydrogen) atoms. The average Bonchev–Trinajstić information content (AvgIpc) is 2.86. The maximum Gasteiger partial charge on any atom is 0.233 e. The maximum absolute atomic E-state index is 12.3. The number of carbonyl (C=O) groups excluding carboxylic acids is 1. The minimum Gasteiger partial charge on any atom is -0.342 e. The molecule has 1 aromatic heterocycles. The van der Waals surface area contributed by atoms with Crippen molar-refractivity contribution in [3.63, 3.8) is 0 Å². The molecule has 0 aliphatic carbocycles. The zero-order chi connectivity index (χ0) is 16.1. The third-order valence-corrected chi connectivity index (χ3v) is 5.81. The topological polar surface area (TPSA) is 46.1 Å². The first-order valence-electron chi connectivity index (χ1n) is 8.04. The molecule has 0 N–H and O–H groups in total. The highest BCUT2D eigenvalue weighted by Gasteiger charge is 2.16. The molecule has 3 rings (SSSR count). The first kappa shape index (κ1) is 16.5. The van der Waals surface area contributed by atoms with Crippen LogP contribution in [-0.2, 0) is 4.79 Å². The molecule has 1 fully saturated rings. The van der Waals surface area contributed by atoms with E-state index in [-0.39, 0.29) is 5.91 Å². The molecule has 1 amide bonds. The molecule has 1 aliphatic rings. The van der Waals surface area contributed by atoms with E-state index in [0.29, 0.717) is 5.75 Å². The quantitative estimate of drug-likeness (QED) is 0.784. The third kappa shape index (κ3) is 4.54. The second-order valence-corrected chi connectivity index (χ2v) is 7.81. The second-order valence-electron chi connectivity index (χ2n) is 5.83. The molecule has 4 nitrogen and oxygen atoms in total. The van der Waals surface area contributed by atoms with Crippen LogP contribution in [0.5, 0.6) is 0 Å². The van der Waals surface area contributed by atoms with E-state index in [1.54, 1.807) is 0 Å². The molecule has 0 saturated carbocycles. The van der Waals surface area contributed by atoms with Crippen LogP contribution in [0.4, 0.5) is 0 Å². The lowest BCUT2D eigenvalue weighted by Crippen LogP contribution is -2.33. The molecule has 6 heteroatoms. The van der Waals surface area contributed by atoms with Gasteiger partial charge in [0.05, 0.1) is 5.75 Å². The van der Waals surface area contributed by atoms with Gasteiger partial charge in [-0.25, -0.2) is 4.98 Å². The van der Waals surface area contributed by atoms with E-state index in [2.05, 4.69) is 28.4 Å². The molecule has 0 spiro atoms. The monoisotopic (exact) mass is 347 g/mol. The Morgan fingerprint density at radius 3 is 2.57 bits per heavy atom. The zero-order valence-corrected chi connectivity index (χ0v) is 15.0. The van der Waals surface area contributed by atoms with Gasteiger partial charge in [0, 0.05) is 18.7 Å². The Morgan fingerprint density at radius 2 is 1.87 bits per heavy atom. The SMILES string of the molecule is Cc1ccc(-c2nsc(SCC(=O)N3CCCCCC3)n2)cc1. The summed E-state index contributed by atoms with van der Waals surface area (Å²) in [6.07, 6.45) is 4.75. The molecule has 1 saturated heterocycles. The predicted molar refractivity (Wildman–Crippen MR) is 95.9 cm³/mol. The third-order valence-electron chi connectivity index (χ3n) is 4.00. The number of aromatic nitrogens is 2. The Bertz CT molecular complexity index is 646. The lowest BCUT2D eigenvalue weighted by molar-refractivity contribution is -0.128. The summed E-state index contributed by atoms with van der Waals surface area (Å²) in [5, 5.41) is 0. The van der Waals surface area contributed by atoms with E-state index in [0.717, 1.165) is 41.7 Å². The summed E-state index contributed by atoms with van der Waals surface area (Å²) in [6, 6.07) is 8.19. The first-order chi connectivity index (χ1) is 11.2. The number of rotatable bonds is 4. The summed E-state index contributed by atoms with van der Waals surface area (Å²) < 4.78 is 5.27. The van der Waals surface area contributed by atoms with E-state index >= 15 is 0 Å². The summed E-state index contributed by atoms with van der Waals surface area (Å²) in [6.45, 7) is 3.88. The van der Waals surface area contributed by atoms with Crippen molar-refractivity contribution in [1.82, 2.24) is 14.3 Å². The zero-order valence-electron chi connectivity index (χ0n) is 13.3. The average molecular weight is 348 g/mol. The van der Waals surface area contributed by atoms with Crippen molar-refractivity contribution < 1.29 is 4.79 Å². The molecule has 0 unspecified atom stereocenters. The molecule has 0 bridgehead atoms. The lowest BCUT2D eigenvalue weighted by atomic mass is 10.1. The van der Waals surface area contributed by atoms with Crippen molar-refractivity contribution in [3.8, 4) is 11.4 Å². The number of carbonyl (C=O) groups is 1. The molecule has 1 aromatic carbocycles. The van der Waals surface area contributed by atoms with Crippen molar-refractivity contribution in [1.29, 1.82) is 0 Å². The summed E-state index contributed by atoms with van der Waals surface area (Å²) in [5.41, 5.74) is 2.25. The minimum absolute atomic E-state index is 0.226. The van der Waals surface area contributed by atoms with Crippen molar-refractivity contribution in [2.75, 3.05) is 18.8 Å². The fourth-order valence-electron chi connectivity index (χ4n) is 2.62. The highest BCUT2D eigenvalue weighted by atomic mass is 32.2. The number of benzene rings is 1. The highest BCUT2D eigenvalue weighted by molar-refractivity contribution is 8.01. The molecule has 122 valence electrons. The second kappa shape index (κ2) is 7.93. The fourth-order valence-corrected chi connectivity index (χ4v) is 4.14. The van der Waals surface area contributed by atoms with Crippen molar-refractivity contribution in [2.45, 2.75) is 36.9 Å². The Kier molecular flexibility index (Phi) is 5.67. The Morgan fingerprint density at radius 1 is 1.17 bits per heavy atom. The first-order valence-corrected chi connectivity index (χ1v) is 9.79. The number of nitrogens with zero attached hydrogens (tertiary/aromatic N) is 3. The number of hydrogen-bond donors (Lipinski definition) is 0. The standard InChI is InChI=1S/C17H21N3OS2/c1-13-6-8-14(9-7-13)16-18-17(23-19-16)22-12-15(21)20-10-4-2-3-5-11-20/h6-9H,2-5,10-12H2,1H3. The maximum atomic E-state index is 12.3. The van der Waals surface area contributed by atoms with Crippen molar-refractivity contribution >= 4 is 29.2 Å². The molecule has 2 heterocycles. The van der Waals surface area contributed by atoms with Crippen LogP contribution >= 0.6 is 23.3 Å². The van der Waals surface area contributed by atoms with Crippen LogP contribution in [0, 0.1) is 6.92 Å². The van der Waals surface area contributed by atoms with E-state index in [9.17, 15) is 4.79 Å². The van der Waals surface area contributed by atoms with Crippen LogP contribution in [0.25, 0.3) is 11.4 Å². The molecule has 0 atom stereocenters. The fraction of sp³-hybridized carbons (Fsp3) is 0.471. The van der Waals surface area contributed by atoms with Gasteiger partial charge in [-0.15, -0.1) is 0 Å². The van der Waals surface area contributed by atoms with Gasteiger partial charge in [-0.1, -0.05) is 54.4 Å². The summed E-state index contributed by atoms with van der Waals surface area (Å²) >= 11 is 2.87. The van der Waals surface area contributed by atoms with Gasteiger partial charge in [0.2, 0.25) is 5.91 Å². The van der Waals surface area contributed by atoms with Crippen LogP contribution < -0.4 is 0 Å². The van der Waals surface area contributed by atoms with E-state index in [1.807, 2.05) is 17.0 Å².